The number of rotatable bonds is 5. The van der Waals surface area contributed by atoms with Crippen LogP contribution in [0.2, 0.25) is 0 Å². The Balaban J connectivity index is 2.30. The largest absolute Gasteiger partial charge is 0.471 e. The second-order valence-electron chi connectivity index (χ2n) is 6.24. The molecule has 0 unspecified atom stereocenters. The maximum Gasteiger partial charge on any atom is 0.471 e. The number of amides is 1. The summed E-state index contributed by atoms with van der Waals surface area (Å²) in [4.78, 5) is 25.5. The molecule has 0 radical (unpaired) electrons. The lowest BCUT2D eigenvalue weighted by Gasteiger charge is -2.33. The van der Waals surface area contributed by atoms with Crippen molar-refractivity contribution in [3.8, 4) is 0 Å². The molecule has 1 aromatic rings. The highest BCUT2D eigenvalue weighted by Gasteiger charge is 2.38. The number of carbonyl (C=O) groups excluding carboxylic acids is 2. The molecule has 26 heavy (non-hydrogen) atoms. The molecule has 0 aromatic heterocycles. The van der Waals surface area contributed by atoms with Gasteiger partial charge < -0.3 is 15.0 Å². The van der Waals surface area contributed by atoms with E-state index in [2.05, 4.69) is 13.5 Å². The summed E-state index contributed by atoms with van der Waals surface area (Å²) in [6.07, 6.45) is -1.71. The molecule has 1 heterocycles. The van der Waals surface area contributed by atoms with Crippen molar-refractivity contribution in [2.45, 2.75) is 25.9 Å². The molecule has 0 spiro atoms. The van der Waals surface area contributed by atoms with Crippen molar-refractivity contribution in [1.82, 2.24) is 0 Å². The quantitative estimate of drug-likeness (QED) is 0.633. The molecule has 1 aliphatic heterocycles. The lowest BCUT2D eigenvalue weighted by Crippen LogP contribution is -2.34. The van der Waals surface area contributed by atoms with E-state index in [-0.39, 0.29) is 17.9 Å². The molecule has 0 atom stereocenters. The van der Waals surface area contributed by atoms with Crippen molar-refractivity contribution >= 4 is 23.3 Å². The van der Waals surface area contributed by atoms with Crippen molar-refractivity contribution < 1.29 is 27.5 Å². The summed E-state index contributed by atoms with van der Waals surface area (Å²) in [6, 6.07) is 4.09. The van der Waals surface area contributed by atoms with Gasteiger partial charge in [-0.2, -0.15) is 13.2 Å². The zero-order valence-electron chi connectivity index (χ0n) is 14.4. The lowest BCUT2D eigenvalue weighted by atomic mass is 9.98. The number of nitrogens with one attached hydrogen (secondary N) is 1. The summed E-state index contributed by atoms with van der Waals surface area (Å²) in [5, 5.41) is 1.76. The number of hydrogen-bond acceptors (Lipinski definition) is 4. The van der Waals surface area contributed by atoms with Crippen LogP contribution in [0.4, 0.5) is 24.5 Å². The van der Waals surface area contributed by atoms with E-state index in [9.17, 15) is 22.8 Å². The topological polar surface area (TPSA) is 58.6 Å². The number of halogens is 3. The average molecular weight is 370 g/mol. The first-order valence-electron chi connectivity index (χ1n) is 8.27. The van der Waals surface area contributed by atoms with Crippen LogP contribution in [0, 0.1) is 5.92 Å². The zero-order valence-corrected chi connectivity index (χ0v) is 14.4. The highest BCUT2D eigenvalue weighted by molar-refractivity contribution is 6.00. The minimum absolute atomic E-state index is 0.0194. The van der Waals surface area contributed by atoms with Crippen molar-refractivity contribution in [3.63, 3.8) is 0 Å². The van der Waals surface area contributed by atoms with Gasteiger partial charge in [0.2, 0.25) is 0 Å². The van der Waals surface area contributed by atoms with Crippen LogP contribution in [-0.4, -0.2) is 37.7 Å². The number of carbonyl (C=O) groups is 2. The van der Waals surface area contributed by atoms with Gasteiger partial charge in [0.1, 0.15) is 6.61 Å². The molecule has 1 saturated heterocycles. The Morgan fingerprint density at radius 1 is 1.35 bits per heavy atom. The fourth-order valence-electron chi connectivity index (χ4n) is 2.72. The standard InChI is InChI=1S/C18H21F3N2O3/c1-3-10-26-16(24)14-11-13(22-17(25)18(19,20)21)4-5-15(14)23-8-6-12(2)7-9-23/h3-5,11-12H,1,6-10H2,2H3,(H,22,25). The van der Waals surface area contributed by atoms with Gasteiger partial charge in [-0.05, 0) is 37.0 Å². The fraction of sp³-hybridized carbons (Fsp3) is 0.444. The number of alkyl halides is 3. The predicted molar refractivity (Wildman–Crippen MR) is 92.2 cm³/mol. The molecule has 2 rings (SSSR count). The van der Waals surface area contributed by atoms with Gasteiger partial charge in [-0.25, -0.2) is 4.79 Å². The molecule has 1 N–H and O–H groups in total. The van der Waals surface area contributed by atoms with Crippen LogP contribution in [0.1, 0.15) is 30.1 Å². The second kappa shape index (κ2) is 8.25. The zero-order chi connectivity index (χ0) is 19.3. The number of nitrogens with zero attached hydrogens (tertiary/aromatic N) is 1. The van der Waals surface area contributed by atoms with Crippen LogP contribution < -0.4 is 10.2 Å². The number of anilines is 2. The van der Waals surface area contributed by atoms with Crippen LogP contribution in [0.3, 0.4) is 0 Å². The molecular weight excluding hydrogens is 349 g/mol. The third-order valence-corrected chi connectivity index (χ3v) is 4.19. The van der Waals surface area contributed by atoms with E-state index in [1.807, 2.05) is 4.90 Å². The normalized spacial score (nSPS) is 15.5. The van der Waals surface area contributed by atoms with E-state index in [4.69, 9.17) is 4.74 Å². The minimum Gasteiger partial charge on any atom is -0.458 e. The van der Waals surface area contributed by atoms with Crippen molar-refractivity contribution in [1.29, 1.82) is 0 Å². The van der Waals surface area contributed by atoms with Gasteiger partial charge in [0, 0.05) is 18.8 Å². The first kappa shape index (κ1) is 19.8. The average Bonchev–Trinajstić information content (AvgIpc) is 2.59. The Morgan fingerprint density at radius 3 is 2.58 bits per heavy atom. The molecule has 142 valence electrons. The smallest absolute Gasteiger partial charge is 0.458 e. The van der Waals surface area contributed by atoms with E-state index in [1.165, 1.54) is 24.3 Å². The van der Waals surface area contributed by atoms with Gasteiger partial charge in [0.15, 0.2) is 0 Å². The number of esters is 1. The first-order valence-corrected chi connectivity index (χ1v) is 8.27. The van der Waals surface area contributed by atoms with E-state index < -0.39 is 18.1 Å². The molecule has 8 heteroatoms. The van der Waals surface area contributed by atoms with E-state index in [1.54, 1.807) is 5.32 Å². The molecule has 5 nitrogen and oxygen atoms in total. The third-order valence-electron chi connectivity index (χ3n) is 4.19. The van der Waals surface area contributed by atoms with E-state index >= 15 is 0 Å². The predicted octanol–water partition coefficient (Wildman–Crippen LogP) is 3.77. The Hall–Kier alpha value is -2.51. The van der Waals surface area contributed by atoms with Crippen molar-refractivity contribution in [2.24, 2.45) is 5.92 Å². The van der Waals surface area contributed by atoms with Crippen LogP contribution in [0.5, 0.6) is 0 Å². The molecular formula is C18H21F3N2O3. The number of ether oxygens (including phenoxy) is 1. The Kier molecular flexibility index (Phi) is 6.28. The lowest BCUT2D eigenvalue weighted by molar-refractivity contribution is -0.167. The Morgan fingerprint density at radius 2 is 2.00 bits per heavy atom. The molecule has 0 saturated carbocycles. The highest BCUT2D eigenvalue weighted by atomic mass is 19.4. The van der Waals surface area contributed by atoms with Gasteiger partial charge in [-0.15, -0.1) is 0 Å². The van der Waals surface area contributed by atoms with E-state index in [0.717, 1.165) is 25.9 Å². The van der Waals surface area contributed by atoms with Crippen LogP contribution in [0.25, 0.3) is 0 Å². The maximum absolute atomic E-state index is 12.4. The number of piperidine rings is 1. The van der Waals surface area contributed by atoms with Crippen molar-refractivity contribution in [3.05, 3.63) is 36.4 Å². The van der Waals surface area contributed by atoms with Crippen molar-refractivity contribution in [2.75, 3.05) is 29.9 Å². The van der Waals surface area contributed by atoms with Gasteiger partial charge in [-0.3, -0.25) is 4.79 Å². The fourth-order valence-corrected chi connectivity index (χ4v) is 2.72. The summed E-state index contributed by atoms with van der Waals surface area (Å²) in [6.45, 7) is 7.05. The van der Waals surface area contributed by atoms with Crippen LogP contribution >= 0.6 is 0 Å². The van der Waals surface area contributed by atoms with Gasteiger partial charge in [0.05, 0.1) is 11.3 Å². The molecule has 1 amide bonds. The summed E-state index contributed by atoms with van der Waals surface area (Å²) in [7, 11) is 0. The Labute approximate surface area is 149 Å². The second-order valence-corrected chi connectivity index (χ2v) is 6.24. The summed E-state index contributed by atoms with van der Waals surface area (Å²) < 4.78 is 42.4. The van der Waals surface area contributed by atoms with E-state index in [0.29, 0.717) is 11.6 Å². The number of benzene rings is 1. The minimum atomic E-state index is -5.01. The van der Waals surface area contributed by atoms with Gasteiger partial charge in [-0.1, -0.05) is 19.6 Å². The first-order chi connectivity index (χ1) is 12.2. The third kappa shape index (κ3) is 5.00. The molecule has 0 aliphatic carbocycles. The molecule has 0 bridgehead atoms. The molecule has 1 aromatic carbocycles. The summed E-state index contributed by atoms with van der Waals surface area (Å²) in [5.41, 5.74) is 0.573. The molecule has 1 aliphatic rings. The summed E-state index contributed by atoms with van der Waals surface area (Å²) in [5.74, 6) is -2.20. The van der Waals surface area contributed by atoms with Crippen LogP contribution in [-0.2, 0) is 9.53 Å². The van der Waals surface area contributed by atoms with Crippen LogP contribution in [0.15, 0.2) is 30.9 Å². The number of hydrogen-bond donors (Lipinski definition) is 1. The Bertz CT molecular complexity index is 681. The molecule has 1 fully saturated rings. The SMILES string of the molecule is C=CCOC(=O)c1cc(NC(=O)C(F)(F)F)ccc1N1CCC(C)CC1. The monoisotopic (exact) mass is 370 g/mol. The van der Waals surface area contributed by atoms with Gasteiger partial charge in [0.25, 0.3) is 0 Å². The highest BCUT2D eigenvalue weighted by Crippen LogP contribution is 2.30. The summed E-state index contributed by atoms with van der Waals surface area (Å²) >= 11 is 0. The van der Waals surface area contributed by atoms with Gasteiger partial charge >= 0.3 is 18.1 Å². The maximum atomic E-state index is 12.4.